The van der Waals surface area contributed by atoms with Crippen molar-refractivity contribution in [1.82, 2.24) is 10.2 Å². The van der Waals surface area contributed by atoms with E-state index in [1.165, 1.54) is 12.8 Å². The van der Waals surface area contributed by atoms with E-state index in [0.29, 0.717) is 6.42 Å². The summed E-state index contributed by atoms with van der Waals surface area (Å²) in [7, 11) is 0. The molecule has 0 spiro atoms. The number of carbonyl (C=O) groups is 2. The first-order valence-corrected chi connectivity index (χ1v) is 11.2. The predicted molar refractivity (Wildman–Crippen MR) is 105 cm³/mol. The molecule has 2 heterocycles. The Morgan fingerprint density at radius 1 is 1.08 bits per heavy atom. The zero-order chi connectivity index (χ0) is 17.9. The Hall–Kier alpha value is -1.66. The lowest BCUT2D eigenvalue weighted by Gasteiger charge is -2.31. The number of carbonyl (C=O) groups excluding carboxylic acids is 2. The Morgan fingerprint density at radius 2 is 1.81 bits per heavy atom. The van der Waals surface area contributed by atoms with E-state index in [0.717, 1.165) is 35.4 Å². The lowest BCUT2D eigenvalue weighted by Crippen LogP contribution is -2.47. The first-order valence-electron chi connectivity index (χ1n) is 9.39. The third kappa shape index (κ3) is 4.01. The highest BCUT2D eigenvalue weighted by Crippen LogP contribution is 2.37. The van der Waals surface area contributed by atoms with Crippen molar-refractivity contribution < 1.29 is 9.59 Å². The van der Waals surface area contributed by atoms with E-state index in [1.54, 1.807) is 22.7 Å². The summed E-state index contributed by atoms with van der Waals surface area (Å²) in [5.41, 5.74) is 0. The molecule has 0 saturated heterocycles. The maximum absolute atomic E-state index is 13.2. The molecular formula is C20H24N2O2S2. The van der Waals surface area contributed by atoms with Gasteiger partial charge in [-0.25, -0.2) is 0 Å². The Morgan fingerprint density at radius 3 is 2.42 bits per heavy atom. The predicted octanol–water partition coefficient (Wildman–Crippen LogP) is 4.14. The van der Waals surface area contributed by atoms with Crippen molar-refractivity contribution in [3.8, 4) is 0 Å². The van der Waals surface area contributed by atoms with Crippen LogP contribution in [0.3, 0.4) is 0 Å². The van der Waals surface area contributed by atoms with Gasteiger partial charge in [0.1, 0.15) is 6.04 Å². The van der Waals surface area contributed by atoms with E-state index in [1.807, 2.05) is 39.9 Å². The van der Waals surface area contributed by atoms with Gasteiger partial charge in [0.25, 0.3) is 0 Å². The van der Waals surface area contributed by atoms with Gasteiger partial charge >= 0.3 is 0 Å². The Kier molecular flexibility index (Phi) is 5.41. The fraction of sp³-hybridized carbons (Fsp3) is 0.500. The molecule has 2 saturated carbocycles. The van der Waals surface area contributed by atoms with Crippen LogP contribution >= 0.6 is 22.7 Å². The van der Waals surface area contributed by atoms with Crippen LogP contribution in [0.25, 0.3) is 0 Å². The van der Waals surface area contributed by atoms with E-state index in [4.69, 9.17) is 0 Å². The van der Waals surface area contributed by atoms with Gasteiger partial charge in [-0.3, -0.25) is 9.59 Å². The molecule has 4 rings (SSSR count). The van der Waals surface area contributed by atoms with Crippen LogP contribution < -0.4 is 5.32 Å². The molecule has 1 N–H and O–H groups in total. The average molecular weight is 389 g/mol. The maximum Gasteiger partial charge on any atom is 0.248 e. The van der Waals surface area contributed by atoms with Crippen LogP contribution in [0.15, 0.2) is 35.0 Å². The maximum atomic E-state index is 13.2. The molecule has 2 aliphatic rings. The second-order valence-electron chi connectivity index (χ2n) is 7.20. The Labute approximate surface area is 162 Å². The van der Waals surface area contributed by atoms with Gasteiger partial charge in [-0.1, -0.05) is 25.0 Å². The van der Waals surface area contributed by atoms with Crippen molar-refractivity contribution in [2.24, 2.45) is 0 Å². The number of amides is 2. The van der Waals surface area contributed by atoms with Crippen molar-refractivity contribution in [3.05, 3.63) is 44.8 Å². The fourth-order valence-electron chi connectivity index (χ4n) is 3.75. The highest BCUT2D eigenvalue weighted by atomic mass is 32.1. The summed E-state index contributed by atoms with van der Waals surface area (Å²) in [6.45, 7) is 0. The van der Waals surface area contributed by atoms with Gasteiger partial charge in [0, 0.05) is 21.8 Å². The first kappa shape index (κ1) is 17.7. The number of thiophene rings is 2. The van der Waals surface area contributed by atoms with E-state index in [9.17, 15) is 9.59 Å². The SMILES string of the molecule is O=C(NC1CCCC1)[C@H](c1cccs1)N(C(=O)Cc1cccs1)C1CC1. The molecule has 2 aromatic heterocycles. The molecule has 0 bridgehead atoms. The lowest BCUT2D eigenvalue weighted by molar-refractivity contribution is -0.141. The number of rotatable bonds is 7. The molecular weight excluding hydrogens is 364 g/mol. The summed E-state index contributed by atoms with van der Waals surface area (Å²) in [6, 6.07) is 7.88. The quantitative estimate of drug-likeness (QED) is 0.775. The summed E-state index contributed by atoms with van der Waals surface area (Å²) in [4.78, 5) is 30.2. The van der Waals surface area contributed by atoms with Crippen molar-refractivity contribution in [2.75, 3.05) is 0 Å². The minimum Gasteiger partial charge on any atom is -0.351 e. The number of nitrogens with zero attached hydrogens (tertiary/aromatic N) is 1. The van der Waals surface area contributed by atoms with Crippen LogP contribution in [-0.4, -0.2) is 28.8 Å². The topological polar surface area (TPSA) is 49.4 Å². The minimum atomic E-state index is -0.490. The zero-order valence-electron chi connectivity index (χ0n) is 14.7. The molecule has 4 nitrogen and oxygen atoms in total. The average Bonchev–Trinajstić information content (AvgIpc) is 3.07. The third-order valence-electron chi connectivity index (χ3n) is 5.17. The van der Waals surface area contributed by atoms with Gasteiger partial charge < -0.3 is 10.2 Å². The molecule has 0 aliphatic heterocycles. The molecule has 2 aliphatic carbocycles. The molecule has 6 heteroatoms. The van der Waals surface area contributed by atoms with Gasteiger partial charge in [0.2, 0.25) is 11.8 Å². The number of nitrogens with one attached hydrogen (secondary N) is 1. The van der Waals surface area contributed by atoms with Crippen LogP contribution in [0.5, 0.6) is 0 Å². The molecule has 0 radical (unpaired) electrons. The summed E-state index contributed by atoms with van der Waals surface area (Å²) in [6.07, 6.45) is 6.83. The summed E-state index contributed by atoms with van der Waals surface area (Å²) < 4.78 is 0. The molecule has 26 heavy (non-hydrogen) atoms. The van der Waals surface area contributed by atoms with Crippen LogP contribution in [0.4, 0.5) is 0 Å². The number of hydrogen-bond donors (Lipinski definition) is 1. The van der Waals surface area contributed by atoms with Gasteiger partial charge in [-0.05, 0) is 48.6 Å². The van der Waals surface area contributed by atoms with Crippen molar-refractivity contribution in [2.45, 2.75) is 63.1 Å². The minimum absolute atomic E-state index is 0.00854. The van der Waals surface area contributed by atoms with Crippen LogP contribution in [-0.2, 0) is 16.0 Å². The summed E-state index contributed by atoms with van der Waals surface area (Å²) >= 11 is 3.16. The molecule has 0 aromatic carbocycles. The Bertz CT molecular complexity index is 732. The fourth-order valence-corrected chi connectivity index (χ4v) is 5.27. The normalized spacial score (nSPS) is 18.6. The number of hydrogen-bond acceptors (Lipinski definition) is 4. The van der Waals surface area contributed by atoms with Crippen molar-refractivity contribution in [3.63, 3.8) is 0 Å². The van der Waals surface area contributed by atoms with Crippen LogP contribution in [0, 0.1) is 0 Å². The second-order valence-corrected chi connectivity index (χ2v) is 9.21. The molecule has 2 fully saturated rings. The van der Waals surface area contributed by atoms with Gasteiger partial charge in [0.05, 0.1) is 6.42 Å². The van der Waals surface area contributed by atoms with Crippen molar-refractivity contribution in [1.29, 1.82) is 0 Å². The second kappa shape index (κ2) is 7.92. The third-order valence-corrected chi connectivity index (χ3v) is 6.98. The standard InChI is InChI=1S/C20H24N2O2S2/c23-18(13-16-7-3-11-25-16)22(15-9-10-15)19(17-8-4-12-26-17)20(24)21-14-5-1-2-6-14/h3-4,7-8,11-12,14-15,19H,1-2,5-6,9-10,13H2,(H,21,24)/t19-/m0/s1. The largest absolute Gasteiger partial charge is 0.351 e. The lowest BCUT2D eigenvalue weighted by atomic mass is 10.1. The molecule has 2 amide bonds. The van der Waals surface area contributed by atoms with E-state index < -0.39 is 6.04 Å². The van der Waals surface area contributed by atoms with Crippen LogP contribution in [0.1, 0.15) is 54.3 Å². The van der Waals surface area contributed by atoms with Crippen molar-refractivity contribution >= 4 is 34.5 Å². The molecule has 138 valence electrons. The van der Waals surface area contributed by atoms with Gasteiger partial charge in [-0.2, -0.15) is 0 Å². The highest BCUT2D eigenvalue weighted by Gasteiger charge is 2.42. The smallest absolute Gasteiger partial charge is 0.248 e. The van der Waals surface area contributed by atoms with E-state index in [2.05, 4.69) is 5.32 Å². The summed E-state index contributed by atoms with van der Waals surface area (Å²) in [5, 5.41) is 7.20. The monoisotopic (exact) mass is 388 g/mol. The molecule has 0 unspecified atom stereocenters. The zero-order valence-corrected chi connectivity index (χ0v) is 16.4. The molecule has 2 aromatic rings. The van der Waals surface area contributed by atoms with Gasteiger partial charge in [-0.15, -0.1) is 22.7 Å². The Balaban J connectivity index is 1.57. The molecule has 1 atom stereocenters. The van der Waals surface area contributed by atoms with Crippen LogP contribution in [0.2, 0.25) is 0 Å². The first-order chi connectivity index (χ1) is 12.7. The summed E-state index contributed by atoms with van der Waals surface area (Å²) in [5.74, 6) is 0.0562. The van der Waals surface area contributed by atoms with Gasteiger partial charge in [0.15, 0.2) is 0 Å². The van der Waals surface area contributed by atoms with E-state index in [-0.39, 0.29) is 23.9 Å². The highest BCUT2D eigenvalue weighted by molar-refractivity contribution is 7.10. The van der Waals surface area contributed by atoms with E-state index >= 15 is 0 Å².